The molecule has 0 spiro atoms. The van der Waals surface area contributed by atoms with Gasteiger partial charge in [-0.1, -0.05) is 12.1 Å². The summed E-state index contributed by atoms with van der Waals surface area (Å²) in [6.45, 7) is 2.85. The number of nitrogens with zero attached hydrogens (tertiary/aromatic N) is 1. The van der Waals surface area contributed by atoms with Crippen molar-refractivity contribution >= 4 is 17.6 Å². The summed E-state index contributed by atoms with van der Waals surface area (Å²) in [5.41, 5.74) is 6.85. The lowest BCUT2D eigenvalue weighted by Crippen LogP contribution is -2.45. The standard InChI is InChI=1S/C13H16N2O3/c1-9(16)11-3-2-4-12(5-11)15-7-10(6-14)8-18-13(15)17/h2-5,10H,6-8,14H2,1H3. The highest BCUT2D eigenvalue weighted by molar-refractivity contribution is 5.96. The van der Waals surface area contributed by atoms with Gasteiger partial charge in [0.05, 0.1) is 6.61 Å². The topological polar surface area (TPSA) is 72.6 Å². The number of carbonyl (C=O) groups excluding carboxylic acids is 2. The highest BCUT2D eigenvalue weighted by atomic mass is 16.6. The fraction of sp³-hybridized carbons (Fsp3) is 0.385. The summed E-state index contributed by atoms with van der Waals surface area (Å²) in [4.78, 5) is 24.6. The van der Waals surface area contributed by atoms with Gasteiger partial charge in [0.2, 0.25) is 0 Å². The highest BCUT2D eigenvalue weighted by Gasteiger charge is 2.27. The maximum Gasteiger partial charge on any atom is 0.414 e. The number of hydrogen-bond donors (Lipinski definition) is 1. The molecule has 5 heteroatoms. The van der Waals surface area contributed by atoms with E-state index in [2.05, 4.69) is 0 Å². The molecule has 1 aliphatic rings. The number of amides is 1. The highest BCUT2D eigenvalue weighted by Crippen LogP contribution is 2.22. The molecule has 0 aliphatic carbocycles. The van der Waals surface area contributed by atoms with Crippen molar-refractivity contribution in [1.82, 2.24) is 0 Å². The SMILES string of the molecule is CC(=O)c1cccc(N2CC(CN)COC2=O)c1. The van der Waals surface area contributed by atoms with E-state index in [9.17, 15) is 9.59 Å². The Morgan fingerprint density at radius 3 is 3.00 bits per heavy atom. The summed E-state index contributed by atoms with van der Waals surface area (Å²) < 4.78 is 5.07. The Labute approximate surface area is 106 Å². The van der Waals surface area contributed by atoms with Gasteiger partial charge in [-0.2, -0.15) is 0 Å². The third kappa shape index (κ3) is 2.51. The number of hydrogen-bond acceptors (Lipinski definition) is 4. The zero-order valence-electron chi connectivity index (χ0n) is 10.3. The minimum atomic E-state index is -0.389. The Kier molecular flexibility index (Phi) is 3.62. The summed E-state index contributed by atoms with van der Waals surface area (Å²) in [6, 6.07) is 6.96. The molecule has 0 aromatic heterocycles. The van der Waals surface area contributed by atoms with Gasteiger partial charge in [0.15, 0.2) is 5.78 Å². The van der Waals surface area contributed by atoms with Crippen molar-refractivity contribution in [2.24, 2.45) is 11.7 Å². The molecule has 1 atom stereocenters. The van der Waals surface area contributed by atoms with Crippen LogP contribution in [0.25, 0.3) is 0 Å². The van der Waals surface area contributed by atoms with Gasteiger partial charge in [0, 0.05) is 30.3 Å². The summed E-state index contributed by atoms with van der Waals surface area (Å²) >= 11 is 0. The number of rotatable bonds is 3. The van der Waals surface area contributed by atoms with Crippen LogP contribution in [0.1, 0.15) is 17.3 Å². The molecule has 0 radical (unpaired) electrons. The number of anilines is 1. The van der Waals surface area contributed by atoms with Gasteiger partial charge in [-0.25, -0.2) is 4.79 Å². The van der Waals surface area contributed by atoms with E-state index in [4.69, 9.17) is 10.5 Å². The van der Waals surface area contributed by atoms with Crippen molar-refractivity contribution in [3.05, 3.63) is 29.8 Å². The van der Waals surface area contributed by atoms with Crippen LogP contribution in [-0.4, -0.2) is 31.6 Å². The predicted octanol–water partition coefficient (Wildman–Crippen LogP) is 1.42. The fourth-order valence-electron chi connectivity index (χ4n) is 1.90. The molecule has 1 saturated heterocycles. The average Bonchev–Trinajstić information content (AvgIpc) is 2.39. The number of benzene rings is 1. The van der Waals surface area contributed by atoms with Gasteiger partial charge < -0.3 is 10.5 Å². The normalized spacial score (nSPS) is 19.6. The molecule has 1 fully saturated rings. The molecule has 2 N–H and O–H groups in total. The molecule has 1 aliphatic heterocycles. The van der Waals surface area contributed by atoms with E-state index < -0.39 is 0 Å². The quantitative estimate of drug-likeness (QED) is 0.821. The smallest absolute Gasteiger partial charge is 0.414 e. The van der Waals surface area contributed by atoms with Crippen molar-refractivity contribution in [3.8, 4) is 0 Å². The first-order chi connectivity index (χ1) is 8.61. The van der Waals surface area contributed by atoms with Gasteiger partial charge in [0.1, 0.15) is 0 Å². The van der Waals surface area contributed by atoms with Gasteiger partial charge in [0.25, 0.3) is 0 Å². The fourth-order valence-corrected chi connectivity index (χ4v) is 1.90. The number of cyclic esters (lactones) is 1. The summed E-state index contributed by atoms with van der Waals surface area (Å²) in [5, 5.41) is 0. The van der Waals surface area contributed by atoms with Gasteiger partial charge in [-0.15, -0.1) is 0 Å². The molecule has 1 aromatic carbocycles. The lowest BCUT2D eigenvalue weighted by atomic mass is 10.1. The van der Waals surface area contributed by atoms with Crippen molar-refractivity contribution < 1.29 is 14.3 Å². The zero-order chi connectivity index (χ0) is 13.1. The van der Waals surface area contributed by atoms with Crippen LogP contribution in [0.5, 0.6) is 0 Å². The first kappa shape index (κ1) is 12.6. The average molecular weight is 248 g/mol. The van der Waals surface area contributed by atoms with Gasteiger partial charge >= 0.3 is 6.09 Å². The Morgan fingerprint density at radius 2 is 2.33 bits per heavy atom. The summed E-state index contributed by atoms with van der Waals surface area (Å²) in [5.74, 6) is 0.0984. The molecular formula is C13H16N2O3. The largest absolute Gasteiger partial charge is 0.449 e. The Bertz CT molecular complexity index is 473. The number of nitrogens with two attached hydrogens (primary N) is 1. The van der Waals surface area contributed by atoms with Crippen LogP contribution in [0.3, 0.4) is 0 Å². The zero-order valence-corrected chi connectivity index (χ0v) is 10.3. The first-order valence-electron chi connectivity index (χ1n) is 5.87. The van der Waals surface area contributed by atoms with Crippen molar-refractivity contribution in [2.75, 3.05) is 24.6 Å². The van der Waals surface area contributed by atoms with Crippen molar-refractivity contribution in [3.63, 3.8) is 0 Å². The van der Waals surface area contributed by atoms with Gasteiger partial charge in [-0.3, -0.25) is 9.69 Å². The third-order valence-electron chi connectivity index (χ3n) is 3.00. The van der Waals surface area contributed by atoms with Crippen LogP contribution in [0.4, 0.5) is 10.5 Å². The molecule has 18 heavy (non-hydrogen) atoms. The first-order valence-corrected chi connectivity index (χ1v) is 5.87. The predicted molar refractivity (Wildman–Crippen MR) is 67.7 cm³/mol. The van der Waals surface area contributed by atoms with E-state index in [-0.39, 0.29) is 17.8 Å². The van der Waals surface area contributed by atoms with Crippen LogP contribution in [0.2, 0.25) is 0 Å². The van der Waals surface area contributed by atoms with E-state index in [1.807, 2.05) is 0 Å². The molecule has 96 valence electrons. The number of carbonyl (C=O) groups is 2. The van der Waals surface area contributed by atoms with Crippen LogP contribution >= 0.6 is 0 Å². The van der Waals surface area contributed by atoms with Crippen LogP contribution in [0.15, 0.2) is 24.3 Å². The Balaban J connectivity index is 2.26. The maximum atomic E-state index is 11.7. The maximum absolute atomic E-state index is 11.7. The van der Waals surface area contributed by atoms with Crippen LogP contribution in [0, 0.1) is 5.92 Å². The molecule has 1 heterocycles. The minimum absolute atomic E-state index is 0.0300. The number of Topliss-reactive ketones (excluding diaryl/α,β-unsaturated/α-hetero) is 1. The Hall–Kier alpha value is -1.88. The van der Waals surface area contributed by atoms with Crippen LogP contribution < -0.4 is 10.6 Å². The lowest BCUT2D eigenvalue weighted by Gasteiger charge is -2.31. The monoisotopic (exact) mass is 248 g/mol. The Morgan fingerprint density at radius 1 is 1.56 bits per heavy atom. The van der Waals surface area contributed by atoms with E-state index in [0.29, 0.717) is 30.9 Å². The van der Waals surface area contributed by atoms with E-state index >= 15 is 0 Å². The molecule has 0 bridgehead atoms. The molecule has 0 saturated carbocycles. The molecule has 1 amide bonds. The van der Waals surface area contributed by atoms with Gasteiger partial charge in [-0.05, 0) is 19.1 Å². The van der Waals surface area contributed by atoms with Crippen molar-refractivity contribution in [2.45, 2.75) is 6.92 Å². The van der Waals surface area contributed by atoms with E-state index in [1.54, 1.807) is 24.3 Å². The second-order valence-corrected chi connectivity index (χ2v) is 4.40. The second kappa shape index (κ2) is 5.18. The third-order valence-corrected chi connectivity index (χ3v) is 3.00. The second-order valence-electron chi connectivity index (χ2n) is 4.40. The molecule has 5 nitrogen and oxygen atoms in total. The molecular weight excluding hydrogens is 232 g/mol. The molecule has 1 aromatic rings. The van der Waals surface area contributed by atoms with Crippen molar-refractivity contribution in [1.29, 1.82) is 0 Å². The van der Waals surface area contributed by atoms with Crippen LogP contribution in [-0.2, 0) is 4.74 Å². The van der Waals surface area contributed by atoms with E-state index in [1.165, 1.54) is 11.8 Å². The van der Waals surface area contributed by atoms with E-state index in [0.717, 1.165) is 0 Å². The summed E-state index contributed by atoms with van der Waals surface area (Å²) in [7, 11) is 0. The number of ether oxygens (including phenoxy) is 1. The minimum Gasteiger partial charge on any atom is -0.449 e. The molecule has 1 unspecified atom stereocenters. The number of ketones is 1. The summed E-state index contributed by atoms with van der Waals surface area (Å²) in [6.07, 6.45) is -0.389. The lowest BCUT2D eigenvalue weighted by molar-refractivity contribution is 0.101. The molecule has 2 rings (SSSR count).